The maximum absolute atomic E-state index is 2.69. The minimum atomic E-state index is 0.192. The first-order chi connectivity index (χ1) is 28.4. The van der Waals surface area contributed by atoms with E-state index in [0.29, 0.717) is 0 Å². The Morgan fingerprint density at radius 1 is 0.534 bits per heavy atom. The van der Waals surface area contributed by atoms with Gasteiger partial charge in [-0.2, -0.15) is 0 Å². The second kappa shape index (κ2) is 12.4. The second-order valence-electron chi connectivity index (χ2n) is 17.1. The lowest BCUT2D eigenvalue weighted by Gasteiger charge is -2.43. The highest BCUT2D eigenvalue weighted by Crippen LogP contribution is 2.59. The predicted octanol–water partition coefficient (Wildman–Crippen LogP) is 15.3. The number of allylic oxidation sites excluding steroid dienone is 6. The Morgan fingerprint density at radius 3 is 2.09 bits per heavy atom. The molecular formula is C56H44N2. The van der Waals surface area contributed by atoms with Crippen LogP contribution < -0.4 is 9.80 Å². The monoisotopic (exact) mass is 744 g/mol. The molecule has 2 aliphatic heterocycles. The average Bonchev–Trinajstić information content (AvgIpc) is 3.25. The lowest BCUT2D eigenvalue weighted by Crippen LogP contribution is -2.35. The van der Waals surface area contributed by atoms with E-state index in [2.05, 4.69) is 195 Å². The molecular weight excluding hydrogens is 701 g/mol. The van der Waals surface area contributed by atoms with Crippen molar-refractivity contribution < 1.29 is 0 Å². The Morgan fingerprint density at radius 2 is 1.28 bits per heavy atom. The van der Waals surface area contributed by atoms with Crippen LogP contribution in [-0.4, -0.2) is 6.04 Å². The molecule has 2 unspecified atom stereocenters. The molecule has 0 saturated carbocycles. The minimum Gasteiger partial charge on any atom is -0.333 e. The molecule has 0 N–H and O–H groups in total. The molecule has 12 rings (SSSR count). The van der Waals surface area contributed by atoms with Gasteiger partial charge in [0.2, 0.25) is 0 Å². The van der Waals surface area contributed by atoms with Crippen LogP contribution in [0.5, 0.6) is 0 Å². The molecule has 2 aliphatic carbocycles. The number of nitrogens with zero attached hydrogens (tertiary/aromatic N) is 2. The van der Waals surface area contributed by atoms with Gasteiger partial charge in [0.15, 0.2) is 0 Å². The van der Waals surface area contributed by atoms with E-state index >= 15 is 0 Å². The maximum atomic E-state index is 2.69. The van der Waals surface area contributed by atoms with E-state index < -0.39 is 0 Å². The summed E-state index contributed by atoms with van der Waals surface area (Å²) in [4.78, 5) is 5.31. The van der Waals surface area contributed by atoms with Gasteiger partial charge in [0, 0.05) is 44.7 Å². The van der Waals surface area contributed by atoms with Crippen LogP contribution in [0.4, 0.5) is 22.7 Å². The average molecular weight is 745 g/mol. The molecule has 0 saturated heterocycles. The van der Waals surface area contributed by atoms with Gasteiger partial charge in [-0.25, -0.2) is 0 Å². The van der Waals surface area contributed by atoms with Crippen LogP contribution in [0.1, 0.15) is 54.9 Å². The fourth-order valence-corrected chi connectivity index (χ4v) is 10.8. The molecule has 0 bridgehead atoms. The molecule has 0 spiro atoms. The van der Waals surface area contributed by atoms with Crippen molar-refractivity contribution in [2.75, 3.05) is 9.80 Å². The van der Waals surface area contributed by atoms with Crippen molar-refractivity contribution in [3.05, 3.63) is 197 Å². The standard InChI is InChI=1S/C56H44N2/c1-33-15-23-43-45-29-41-22-26-48-56-46(44-24-16-34(2)28-52(44)58(48)50-32-40(20-18-36(50)4)38-13-9-6-10-14-38)30-42-21-25-47(55(45)53(42)54(41)56)57(51(43)27-33)49-31-39(19-17-35(49)3)37-11-7-5-8-12-37/h5-23,25-30,32,44,49H,24,31H2,1-4H3. The van der Waals surface area contributed by atoms with Crippen LogP contribution in [0.15, 0.2) is 175 Å². The summed E-state index contributed by atoms with van der Waals surface area (Å²) in [5.74, 6) is 0.260. The van der Waals surface area contributed by atoms with Crippen LogP contribution in [0.2, 0.25) is 0 Å². The zero-order valence-electron chi connectivity index (χ0n) is 33.5. The van der Waals surface area contributed by atoms with E-state index in [9.17, 15) is 0 Å². The number of fused-ring (bicyclic) bond motifs is 4. The number of hydrogen-bond donors (Lipinski definition) is 0. The summed E-state index contributed by atoms with van der Waals surface area (Å²) in [6.45, 7) is 9.09. The van der Waals surface area contributed by atoms with Crippen molar-refractivity contribution in [2.45, 2.75) is 52.5 Å². The molecule has 2 nitrogen and oxygen atoms in total. The predicted molar refractivity (Wildman–Crippen MR) is 247 cm³/mol. The summed E-state index contributed by atoms with van der Waals surface area (Å²) >= 11 is 0. The minimum absolute atomic E-state index is 0.192. The SMILES string of the molecule is CC1=CCC2C(=C1)N(c1cc(-c3ccccc3)ccc1C)c1ccc3cc4c5c(ccc6cc2c1c3c65)N(C1CC(c2ccccc2)=CC=C1C)c1cc(C)ccc1-4. The Labute approximate surface area is 340 Å². The molecule has 2 atom stereocenters. The normalized spacial score (nSPS) is 18.2. The molecule has 0 amide bonds. The van der Waals surface area contributed by atoms with Gasteiger partial charge in [0.05, 0.1) is 17.4 Å². The van der Waals surface area contributed by atoms with Crippen molar-refractivity contribution in [3.8, 4) is 22.3 Å². The topological polar surface area (TPSA) is 6.48 Å². The highest BCUT2D eigenvalue weighted by Gasteiger charge is 2.38. The first-order valence-corrected chi connectivity index (χ1v) is 20.9. The molecule has 2 heteroatoms. The summed E-state index contributed by atoms with van der Waals surface area (Å²) < 4.78 is 0. The van der Waals surface area contributed by atoms with Gasteiger partial charge >= 0.3 is 0 Å². The van der Waals surface area contributed by atoms with Gasteiger partial charge in [-0.15, -0.1) is 0 Å². The highest BCUT2D eigenvalue weighted by atomic mass is 15.2. The summed E-state index contributed by atoms with van der Waals surface area (Å²) in [6, 6.07) is 50.8. The quantitative estimate of drug-likeness (QED) is 0.166. The number of rotatable bonds is 4. The van der Waals surface area contributed by atoms with Gasteiger partial charge in [-0.1, -0.05) is 126 Å². The first kappa shape index (κ1) is 33.5. The van der Waals surface area contributed by atoms with Gasteiger partial charge in [0.1, 0.15) is 0 Å². The van der Waals surface area contributed by atoms with E-state index in [4.69, 9.17) is 0 Å². The van der Waals surface area contributed by atoms with Gasteiger partial charge in [-0.3, -0.25) is 0 Å². The molecule has 278 valence electrons. The second-order valence-corrected chi connectivity index (χ2v) is 17.1. The number of aryl methyl sites for hydroxylation is 2. The highest BCUT2D eigenvalue weighted by molar-refractivity contribution is 6.33. The lowest BCUT2D eigenvalue weighted by atomic mass is 9.76. The zero-order valence-corrected chi connectivity index (χ0v) is 33.5. The smallest absolute Gasteiger partial charge is 0.0592 e. The van der Waals surface area contributed by atoms with Crippen molar-refractivity contribution in [1.82, 2.24) is 0 Å². The number of anilines is 4. The molecule has 8 aromatic carbocycles. The van der Waals surface area contributed by atoms with Crippen LogP contribution >= 0.6 is 0 Å². The van der Waals surface area contributed by atoms with Crippen LogP contribution in [0.3, 0.4) is 0 Å². The van der Waals surface area contributed by atoms with E-state index in [1.807, 2.05) is 0 Å². The molecule has 58 heavy (non-hydrogen) atoms. The van der Waals surface area contributed by atoms with Crippen molar-refractivity contribution in [2.24, 2.45) is 0 Å². The Bertz CT molecular complexity index is 3160. The van der Waals surface area contributed by atoms with Gasteiger partial charge < -0.3 is 9.80 Å². The maximum Gasteiger partial charge on any atom is 0.0592 e. The number of hydrogen-bond acceptors (Lipinski definition) is 2. The third kappa shape index (κ3) is 4.78. The van der Waals surface area contributed by atoms with E-state index in [0.717, 1.165) is 12.8 Å². The van der Waals surface area contributed by atoms with Crippen LogP contribution in [-0.2, 0) is 0 Å². The zero-order chi connectivity index (χ0) is 38.8. The van der Waals surface area contributed by atoms with Crippen molar-refractivity contribution >= 4 is 60.6 Å². The van der Waals surface area contributed by atoms with Gasteiger partial charge in [0.25, 0.3) is 0 Å². The summed E-state index contributed by atoms with van der Waals surface area (Å²) in [7, 11) is 0. The van der Waals surface area contributed by atoms with Crippen LogP contribution in [0, 0.1) is 13.8 Å². The van der Waals surface area contributed by atoms with Crippen molar-refractivity contribution in [3.63, 3.8) is 0 Å². The Kier molecular flexibility index (Phi) is 7.18. The third-order valence-electron chi connectivity index (χ3n) is 13.6. The molecule has 0 fully saturated rings. The molecule has 8 aromatic rings. The largest absolute Gasteiger partial charge is 0.333 e. The fraction of sp³-hybridized carbons (Fsp3) is 0.143. The third-order valence-corrected chi connectivity index (χ3v) is 13.6. The van der Waals surface area contributed by atoms with Crippen LogP contribution in [0.25, 0.3) is 60.1 Å². The summed E-state index contributed by atoms with van der Waals surface area (Å²) in [6.07, 6.45) is 11.5. The van der Waals surface area contributed by atoms with E-state index in [1.165, 1.54) is 122 Å². The Hall–Kier alpha value is -6.64. The van der Waals surface area contributed by atoms with Crippen molar-refractivity contribution in [1.29, 1.82) is 0 Å². The molecule has 2 heterocycles. The first-order valence-electron chi connectivity index (χ1n) is 20.9. The molecule has 0 radical (unpaired) electrons. The van der Waals surface area contributed by atoms with Gasteiger partial charge in [-0.05, 0) is 144 Å². The summed E-state index contributed by atoms with van der Waals surface area (Å²) in [5.41, 5.74) is 21.1. The Balaban J connectivity index is 1.13. The number of benzene rings is 8. The lowest BCUT2D eigenvalue weighted by molar-refractivity contribution is 0.752. The van der Waals surface area contributed by atoms with E-state index in [-0.39, 0.29) is 12.0 Å². The summed E-state index contributed by atoms with van der Waals surface area (Å²) in [5, 5.41) is 8.22. The fourth-order valence-electron chi connectivity index (χ4n) is 10.8. The molecule has 0 aromatic heterocycles. The van der Waals surface area contributed by atoms with E-state index in [1.54, 1.807) is 0 Å². The molecule has 4 aliphatic rings.